The topological polar surface area (TPSA) is 84.7 Å². The van der Waals surface area contributed by atoms with Crippen LogP contribution in [0.4, 0.5) is 0 Å². The lowest BCUT2D eigenvalue weighted by Gasteiger charge is -2.26. The van der Waals surface area contributed by atoms with Crippen molar-refractivity contribution in [3.05, 3.63) is 53.4 Å². The van der Waals surface area contributed by atoms with Crippen LogP contribution >= 0.6 is 11.6 Å². The lowest BCUT2D eigenvalue weighted by atomic mass is 10.2. The van der Waals surface area contributed by atoms with E-state index in [1.54, 1.807) is 12.1 Å². The molecule has 1 saturated heterocycles. The fourth-order valence-corrected chi connectivity index (χ4v) is 6.28. The third-order valence-electron chi connectivity index (χ3n) is 3.93. The zero-order chi connectivity index (χ0) is 17.4. The van der Waals surface area contributed by atoms with E-state index >= 15 is 0 Å². The summed E-state index contributed by atoms with van der Waals surface area (Å²) < 4.78 is 56.1. The minimum absolute atomic E-state index is 0.0114. The van der Waals surface area contributed by atoms with Gasteiger partial charge in [-0.15, -0.1) is 0 Å². The van der Waals surface area contributed by atoms with Crippen molar-refractivity contribution >= 4 is 31.5 Å². The smallest absolute Gasteiger partial charge is 0.243 e. The number of rotatable bonds is 5. The Morgan fingerprint density at radius 3 is 2.46 bits per heavy atom. The molecule has 2 aromatic rings. The zero-order valence-corrected chi connectivity index (χ0v) is 15.0. The van der Waals surface area contributed by atoms with E-state index < -0.39 is 25.9 Å². The van der Waals surface area contributed by atoms with Crippen molar-refractivity contribution in [2.24, 2.45) is 0 Å². The van der Waals surface area contributed by atoms with E-state index in [-0.39, 0.29) is 29.4 Å². The van der Waals surface area contributed by atoms with Crippen LogP contribution in [-0.4, -0.2) is 38.7 Å². The second-order valence-electron chi connectivity index (χ2n) is 5.64. The molecular formula is C15H16ClNO5S2. The highest BCUT2D eigenvalue weighted by Crippen LogP contribution is 2.27. The molecule has 0 radical (unpaired) electrons. The Kier molecular flexibility index (Phi) is 4.74. The molecule has 0 amide bonds. The van der Waals surface area contributed by atoms with E-state index in [1.807, 2.05) is 0 Å². The van der Waals surface area contributed by atoms with Crippen molar-refractivity contribution in [3.63, 3.8) is 0 Å². The molecule has 3 rings (SSSR count). The van der Waals surface area contributed by atoms with Crippen LogP contribution in [0.15, 0.2) is 52.0 Å². The predicted molar refractivity (Wildman–Crippen MR) is 89.9 cm³/mol. The van der Waals surface area contributed by atoms with E-state index in [2.05, 4.69) is 0 Å². The van der Waals surface area contributed by atoms with Crippen molar-refractivity contribution in [2.75, 3.05) is 11.5 Å². The molecule has 0 saturated carbocycles. The maximum absolute atomic E-state index is 13.0. The first-order valence-electron chi connectivity index (χ1n) is 7.28. The minimum atomic E-state index is -3.88. The van der Waals surface area contributed by atoms with E-state index in [9.17, 15) is 16.8 Å². The summed E-state index contributed by atoms with van der Waals surface area (Å²) in [6, 6.07) is 8.52. The van der Waals surface area contributed by atoms with Gasteiger partial charge in [-0.2, -0.15) is 4.31 Å². The molecule has 0 spiro atoms. The van der Waals surface area contributed by atoms with Gasteiger partial charge in [0, 0.05) is 11.1 Å². The molecule has 1 aromatic carbocycles. The van der Waals surface area contributed by atoms with E-state index in [0.717, 1.165) is 0 Å². The maximum atomic E-state index is 13.0. The first-order valence-corrected chi connectivity index (χ1v) is 10.9. The molecule has 0 N–H and O–H groups in total. The van der Waals surface area contributed by atoms with E-state index in [4.69, 9.17) is 16.0 Å². The van der Waals surface area contributed by atoms with Crippen LogP contribution in [0.2, 0.25) is 5.02 Å². The van der Waals surface area contributed by atoms with Crippen molar-refractivity contribution < 1.29 is 21.3 Å². The third-order valence-corrected chi connectivity index (χ3v) is 7.84. The first-order chi connectivity index (χ1) is 11.3. The Morgan fingerprint density at radius 1 is 1.21 bits per heavy atom. The third kappa shape index (κ3) is 3.66. The number of furan rings is 1. The summed E-state index contributed by atoms with van der Waals surface area (Å²) in [6.07, 6.45) is 1.73. The summed E-state index contributed by atoms with van der Waals surface area (Å²) in [5.41, 5.74) is 0. The Bertz CT molecular complexity index is 905. The molecular weight excluding hydrogens is 374 g/mol. The molecule has 1 aliphatic rings. The Labute approximate surface area is 146 Å². The van der Waals surface area contributed by atoms with Crippen molar-refractivity contribution in [3.8, 4) is 0 Å². The molecule has 9 heteroatoms. The largest absolute Gasteiger partial charge is 0.468 e. The number of hydrogen-bond donors (Lipinski definition) is 0. The lowest BCUT2D eigenvalue weighted by molar-refractivity contribution is 0.307. The predicted octanol–water partition coefficient (Wildman–Crippen LogP) is 2.31. The average molecular weight is 390 g/mol. The van der Waals surface area contributed by atoms with Crippen LogP contribution in [0, 0.1) is 0 Å². The number of nitrogens with zero attached hydrogens (tertiary/aromatic N) is 1. The summed E-state index contributed by atoms with van der Waals surface area (Å²) >= 11 is 5.82. The van der Waals surface area contributed by atoms with Gasteiger partial charge in [-0.1, -0.05) is 11.6 Å². The highest BCUT2D eigenvalue weighted by molar-refractivity contribution is 7.92. The number of benzene rings is 1. The van der Waals surface area contributed by atoms with Crippen LogP contribution in [0.3, 0.4) is 0 Å². The van der Waals surface area contributed by atoms with Crippen LogP contribution in [-0.2, 0) is 26.4 Å². The highest BCUT2D eigenvalue weighted by atomic mass is 35.5. The van der Waals surface area contributed by atoms with Gasteiger partial charge in [0.05, 0.1) is 29.2 Å². The van der Waals surface area contributed by atoms with Gasteiger partial charge in [0.2, 0.25) is 10.0 Å². The second-order valence-corrected chi connectivity index (χ2v) is 10.2. The molecule has 1 aliphatic heterocycles. The Morgan fingerprint density at radius 2 is 1.92 bits per heavy atom. The highest BCUT2D eigenvalue weighted by Gasteiger charge is 2.39. The number of hydrogen-bond acceptors (Lipinski definition) is 5. The van der Waals surface area contributed by atoms with E-state index in [1.165, 1.54) is 34.8 Å². The summed E-state index contributed by atoms with van der Waals surface area (Å²) in [5.74, 6) is 0.264. The molecule has 6 nitrogen and oxygen atoms in total. The fourth-order valence-electron chi connectivity index (χ4n) is 2.71. The average Bonchev–Trinajstić information content (AvgIpc) is 3.14. The minimum Gasteiger partial charge on any atom is -0.468 e. The molecule has 1 fully saturated rings. The summed E-state index contributed by atoms with van der Waals surface area (Å²) in [6.45, 7) is -0.0157. The van der Waals surface area contributed by atoms with E-state index in [0.29, 0.717) is 10.8 Å². The number of halogens is 1. The van der Waals surface area contributed by atoms with Gasteiger partial charge < -0.3 is 4.42 Å². The van der Waals surface area contributed by atoms with Crippen LogP contribution in [0.25, 0.3) is 0 Å². The van der Waals surface area contributed by atoms with Gasteiger partial charge >= 0.3 is 0 Å². The molecule has 24 heavy (non-hydrogen) atoms. The van der Waals surface area contributed by atoms with Crippen LogP contribution in [0.5, 0.6) is 0 Å². The summed E-state index contributed by atoms with van der Waals surface area (Å²) in [7, 11) is -7.10. The summed E-state index contributed by atoms with van der Waals surface area (Å²) in [5, 5.41) is 0.426. The van der Waals surface area contributed by atoms with Gasteiger partial charge in [-0.05, 0) is 42.8 Å². The summed E-state index contributed by atoms with van der Waals surface area (Å²) in [4.78, 5) is 0.0720. The van der Waals surface area contributed by atoms with Gasteiger partial charge in [0.1, 0.15) is 5.76 Å². The SMILES string of the molecule is O=S1(=O)CC[C@H](N(Cc2ccco2)S(=O)(=O)c2ccc(Cl)cc2)C1. The molecule has 2 heterocycles. The molecule has 0 unspecified atom stereocenters. The Balaban J connectivity index is 1.98. The van der Waals surface area contributed by atoms with Crippen LogP contribution < -0.4 is 0 Å². The molecule has 0 aliphatic carbocycles. The standard InChI is InChI=1S/C15H16ClNO5S2/c16-12-3-5-15(6-4-12)24(20,21)17(10-14-2-1-8-22-14)13-7-9-23(18,19)11-13/h1-6,8,13H,7,9-11H2/t13-/m0/s1. The van der Waals surface area contributed by atoms with Crippen LogP contribution in [0.1, 0.15) is 12.2 Å². The van der Waals surface area contributed by atoms with Gasteiger partial charge in [-0.25, -0.2) is 16.8 Å². The van der Waals surface area contributed by atoms with Crippen molar-refractivity contribution in [2.45, 2.75) is 23.9 Å². The van der Waals surface area contributed by atoms with Gasteiger partial charge in [0.25, 0.3) is 0 Å². The normalized spacial score (nSPS) is 20.5. The first kappa shape index (κ1) is 17.5. The van der Waals surface area contributed by atoms with Gasteiger partial charge in [-0.3, -0.25) is 0 Å². The maximum Gasteiger partial charge on any atom is 0.243 e. The lowest BCUT2D eigenvalue weighted by Crippen LogP contribution is -2.40. The van der Waals surface area contributed by atoms with Crippen molar-refractivity contribution in [1.29, 1.82) is 0 Å². The van der Waals surface area contributed by atoms with Gasteiger partial charge in [0.15, 0.2) is 9.84 Å². The molecule has 0 bridgehead atoms. The quantitative estimate of drug-likeness (QED) is 0.783. The zero-order valence-electron chi connectivity index (χ0n) is 12.6. The Hall–Kier alpha value is -1.35. The number of sulfonamides is 1. The number of sulfone groups is 1. The van der Waals surface area contributed by atoms with Crippen molar-refractivity contribution in [1.82, 2.24) is 4.31 Å². The molecule has 1 atom stereocenters. The molecule has 1 aromatic heterocycles. The molecule has 130 valence electrons. The second kappa shape index (κ2) is 6.51. The monoisotopic (exact) mass is 389 g/mol. The fraction of sp³-hybridized carbons (Fsp3) is 0.333.